The maximum Gasteiger partial charge on any atom is 0.325 e. The molecule has 0 bridgehead atoms. The third kappa shape index (κ3) is 6.17. The highest BCUT2D eigenvalue weighted by Gasteiger charge is 2.28. The summed E-state index contributed by atoms with van der Waals surface area (Å²) in [7, 11) is 1.53. The molecule has 3 amide bonds. The fourth-order valence-electron chi connectivity index (χ4n) is 3.34. The molecule has 0 saturated carbocycles. The summed E-state index contributed by atoms with van der Waals surface area (Å²) in [6, 6.07) is 6.64. The molecule has 0 aliphatic carbocycles. The van der Waals surface area contributed by atoms with Crippen LogP contribution in [0.15, 0.2) is 29.6 Å². The Morgan fingerprint density at radius 3 is 2.65 bits per heavy atom. The molecule has 1 saturated heterocycles. The van der Waals surface area contributed by atoms with Crippen molar-refractivity contribution in [2.24, 2.45) is 5.92 Å². The van der Waals surface area contributed by atoms with E-state index in [0.29, 0.717) is 54.8 Å². The highest BCUT2D eigenvalue weighted by atomic mass is 32.1. The van der Waals surface area contributed by atoms with Crippen LogP contribution in [0.1, 0.15) is 25.5 Å². The number of piperidine rings is 1. The molecule has 1 aliphatic heterocycles. The van der Waals surface area contributed by atoms with Gasteiger partial charge in [0.25, 0.3) is 0 Å². The normalized spacial score (nSPS) is 14.1. The SMILES string of the molecule is CCOC(=O)C1CCN(C(=O)Cc2csc(NC(=O)Nc3ccccc3OC)n2)CC1. The smallest absolute Gasteiger partial charge is 0.325 e. The molecular formula is C21H26N4O5S. The van der Waals surface area contributed by atoms with Crippen LogP contribution in [-0.2, 0) is 20.7 Å². The number of thiazole rings is 1. The molecule has 0 unspecified atom stereocenters. The number of urea groups is 1. The number of hydrogen-bond donors (Lipinski definition) is 2. The Kier molecular flexibility index (Phi) is 7.82. The largest absolute Gasteiger partial charge is 0.495 e. The Morgan fingerprint density at radius 1 is 1.19 bits per heavy atom. The first-order valence-electron chi connectivity index (χ1n) is 10.1. The number of likely N-dealkylation sites (tertiary alicyclic amines) is 1. The summed E-state index contributed by atoms with van der Waals surface area (Å²) < 4.78 is 10.3. The molecule has 3 rings (SSSR count). The van der Waals surface area contributed by atoms with Gasteiger partial charge in [0.2, 0.25) is 5.91 Å². The van der Waals surface area contributed by atoms with Gasteiger partial charge in [-0.05, 0) is 31.9 Å². The Balaban J connectivity index is 1.48. The van der Waals surface area contributed by atoms with Crippen LogP contribution < -0.4 is 15.4 Å². The van der Waals surface area contributed by atoms with E-state index in [-0.39, 0.29) is 24.2 Å². The second-order valence-electron chi connectivity index (χ2n) is 7.01. The lowest BCUT2D eigenvalue weighted by Gasteiger charge is -2.30. The van der Waals surface area contributed by atoms with Gasteiger partial charge in [0, 0.05) is 18.5 Å². The highest BCUT2D eigenvalue weighted by molar-refractivity contribution is 7.14. The molecule has 0 atom stereocenters. The summed E-state index contributed by atoms with van der Waals surface area (Å²) in [6.07, 6.45) is 1.37. The lowest BCUT2D eigenvalue weighted by molar-refractivity contribution is -0.151. The van der Waals surface area contributed by atoms with Crippen molar-refractivity contribution in [2.75, 3.05) is 37.4 Å². The molecule has 2 N–H and O–H groups in total. The van der Waals surface area contributed by atoms with E-state index in [2.05, 4.69) is 15.6 Å². The number of aromatic nitrogens is 1. The van der Waals surface area contributed by atoms with E-state index in [1.165, 1.54) is 18.4 Å². The number of esters is 1. The summed E-state index contributed by atoms with van der Waals surface area (Å²) in [6.45, 7) is 3.21. The minimum absolute atomic E-state index is 0.0439. The third-order valence-electron chi connectivity index (χ3n) is 4.93. The third-order valence-corrected chi connectivity index (χ3v) is 5.73. The van der Waals surface area contributed by atoms with Gasteiger partial charge in [0.1, 0.15) is 5.75 Å². The molecule has 166 valence electrons. The Bertz CT molecular complexity index is 924. The number of ether oxygens (including phenoxy) is 2. The number of benzene rings is 1. The first kappa shape index (κ1) is 22.5. The zero-order valence-electron chi connectivity index (χ0n) is 17.6. The van der Waals surface area contributed by atoms with Gasteiger partial charge in [0.15, 0.2) is 5.13 Å². The van der Waals surface area contributed by atoms with E-state index in [4.69, 9.17) is 9.47 Å². The molecule has 1 fully saturated rings. The minimum Gasteiger partial charge on any atom is -0.495 e. The summed E-state index contributed by atoms with van der Waals surface area (Å²) in [4.78, 5) is 42.7. The predicted molar refractivity (Wildman–Crippen MR) is 117 cm³/mol. The number of amides is 3. The number of nitrogens with one attached hydrogen (secondary N) is 2. The molecule has 2 aromatic rings. The lowest BCUT2D eigenvalue weighted by Crippen LogP contribution is -2.41. The van der Waals surface area contributed by atoms with Crippen LogP contribution in [0.2, 0.25) is 0 Å². The highest BCUT2D eigenvalue weighted by Crippen LogP contribution is 2.24. The molecule has 1 aromatic carbocycles. The standard InChI is InChI=1S/C21H26N4O5S/c1-3-30-19(27)14-8-10-25(11-9-14)18(26)12-15-13-31-21(22-15)24-20(28)23-16-6-4-5-7-17(16)29-2/h4-7,13-14H,3,8-12H2,1-2H3,(H2,22,23,24,28). The maximum atomic E-state index is 12.6. The number of anilines is 2. The van der Waals surface area contributed by atoms with Crippen LogP contribution in [0.25, 0.3) is 0 Å². The summed E-state index contributed by atoms with van der Waals surface area (Å²) >= 11 is 1.25. The Labute approximate surface area is 184 Å². The average molecular weight is 447 g/mol. The van der Waals surface area contributed by atoms with Gasteiger partial charge in [-0.2, -0.15) is 0 Å². The lowest BCUT2D eigenvalue weighted by atomic mass is 9.97. The van der Waals surface area contributed by atoms with E-state index >= 15 is 0 Å². The maximum absolute atomic E-state index is 12.6. The van der Waals surface area contributed by atoms with Crippen molar-refractivity contribution in [1.82, 2.24) is 9.88 Å². The number of methoxy groups -OCH3 is 1. The summed E-state index contributed by atoms with van der Waals surface area (Å²) in [5.74, 6) is 0.185. The average Bonchev–Trinajstić information content (AvgIpc) is 3.20. The second kappa shape index (κ2) is 10.8. The molecule has 9 nitrogen and oxygen atoms in total. The van der Waals surface area contributed by atoms with Gasteiger partial charge in [-0.1, -0.05) is 12.1 Å². The monoisotopic (exact) mass is 446 g/mol. The van der Waals surface area contributed by atoms with Gasteiger partial charge >= 0.3 is 12.0 Å². The van der Waals surface area contributed by atoms with Gasteiger partial charge in [-0.3, -0.25) is 14.9 Å². The van der Waals surface area contributed by atoms with Crippen LogP contribution in [0.3, 0.4) is 0 Å². The van der Waals surface area contributed by atoms with Crippen LogP contribution in [0.4, 0.5) is 15.6 Å². The number of para-hydroxylation sites is 2. The predicted octanol–water partition coefficient (Wildman–Crippen LogP) is 3.14. The van der Waals surface area contributed by atoms with Gasteiger partial charge in [0.05, 0.1) is 37.4 Å². The van der Waals surface area contributed by atoms with Crippen LogP contribution in [0, 0.1) is 5.92 Å². The second-order valence-corrected chi connectivity index (χ2v) is 7.87. The molecule has 1 aliphatic rings. The fourth-order valence-corrected chi connectivity index (χ4v) is 4.04. The van der Waals surface area contributed by atoms with Crippen molar-refractivity contribution < 1.29 is 23.9 Å². The minimum atomic E-state index is -0.447. The molecule has 0 radical (unpaired) electrons. The molecule has 10 heteroatoms. The first-order valence-corrected chi connectivity index (χ1v) is 11.0. The number of nitrogens with zero attached hydrogens (tertiary/aromatic N) is 2. The Morgan fingerprint density at radius 2 is 1.94 bits per heavy atom. The van der Waals surface area contributed by atoms with E-state index in [0.717, 1.165) is 0 Å². The van der Waals surface area contributed by atoms with Crippen molar-refractivity contribution in [3.63, 3.8) is 0 Å². The van der Waals surface area contributed by atoms with Crippen molar-refractivity contribution in [1.29, 1.82) is 0 Å². The summed E-state index contributed by atoms with van der Waals surface area (Å²) in [5, 5.41) is 7.53. The zero-order valence-corrected chi connectivity index (χ0v) is 18.4. The van der Waals surface area contributed by atoms with E-state index in [9.17, 15) is 14.4 Å². The van der Waals surface area contributed by atoms with Gasteiger partial charge in [-0.15, -0.1) is 11.3 Å². The van der Waals surface area contributed by atoms with Crippen molar-refractivity contribution >= 4 is 40.1 Å². The molecule has 1 aromatic heterocycles. The number of hydrogen-bond acceptors (Lipinski definition) is 7. The molecule has 31 heavy (non-hydrogen) atoms. The zero-order chi connectivity index (χ0) is 22.2. The fraction of sp³-hybridized carbons (Fsp3) is 0.429. The summed E-state index contributed by atoms with van der Waals surface area (Å²) in [5.41, 5.74) is 1.13. The van der Waals surface area contributed by atoms with Crippen molar-refractivity contribution in [2.45, 2.75) is 26.2 Å². The van der Waals surface area contributed by atoms with E-state index in [1.807, 2.05) is 6.07 Å². The number of carbonyl (C=O) groups is 3. The number of carbonyl (C=O) groups excluding carboxylic acids is 3. The van der Waals surface area contributed by atoms with Crippen molar-refractivity contribution in [3.8, 4) is 5.75 Å². The molecule has 2 heterocycles. The van der Waals surface area contributed by atoms with Crippen molar-refractivity contribution in [3.05, 3.63) is 35.3 Å². The van der Waals surface area contributed by atoms with E-state index < -0.39 is 6.03 Å². The topological polar surface area (TPSA) is 110 Å². The van der Waals surface area contributed by atoms with Crippen LogP contribution >= 0.6 is 11.3 Å². The molecular weight excluding hydrogens is 420 g/mol. The Hall–Kier alpha value is -3.14. The quantitative estimate of drug-likeness (QED) is 0.633. The van der Waals surface area contributed by atoms with Gasteiger partial charge in [-0.25, -0.2) is 9.78 Å². The first-order chi connectivity index (χ1) is 15.0. The van der Waals surface area contributed by atoms with Crippen LogP contribution in [-0.4, -0.2) is 54.6 Å². The van der Waals surface area contributed by atoms with Gasteiger partial charge < -0.3 is 19.7 Å². The number of rotatable bonds is 7. The molecule has 0 spiro atoms. The van der Waals surface area contributed by atoms with E-state index in [1.54, 1.807) is 35.4 Å². The van der Waals surface area contributed by atoms with Crippen LogP contribution in [0.5, 0.6) is 5.75 Å².